The first kappa shape index (κ1) is 22.7. The van der Waals surface area contributed by atoms with E-state index in [0.717, 1.165) is 16.7 Å². The number of hydrogen-bond acceptors (Lipinski definition) is 5. The zero-order chi connectivity index (χ0) is 23.0. The largest absolute Gasteiger partial charge is 0.481 e. The maximum atomic E-state index is 12.7. The number of rotatable bonds is 9. The molecule has 8 heteroatoms. The number of nitrogens with one attached hydrogen (secondary N) is 2. The van der Waals surface area contributed by atoms with Gasteiger partial charge in [0.25, 0.3) is 5.91 Å². The maximum Gasteiger partial charge on any atom is 0.306 e. The van der Waals surface area contributed by atoms with Gasteiger partial charge in [0.05, 0.1) is 12.1 Å². The van der Waals surface area contributed by atoms with Gasteiger partial charge in [-0.3, -0.25) is 14.7 Å². The van der Waals surface area contributed by atoms with Crippen molar-refractivity contribution >= 4 is 11.9 Å². The molecule has 1 aliphatic heterocycles. The highest BCUT2D eigenvalue weighted by atomic mass is 16.5. The number of carbonyl (C=O) groups is 2. The lowest BCUT2D eigenvalue weighted by molar-refractivity contribution is -0.145. The molecule has 0 saturated carbocycles. The van der Waals surface area contributed by atoms with Crippen molar-refractivity contribution in [3.05, 3.63) is 72.1 Å². The van der Waals surface area contributed by atoms with Crippen LogP contribution in [-0.4, -0.2) is 51.6 Å². The van der Waals surface area contributed by atoms with Gasteiger partial charge in [-0.25, -0.2) is 0 Å². The molecule has 1 aliphatic rings. The van der Waals surface area contributed by atoms with Gasteiger partial charge in [0.1, 0.15) is 5.69 Å². The molecule has 0 spiro atoms. The number of H-pyrrole nitrogens is 1. The number of carboxylic acids is 1. The summed E-state index contributed by atoms with van der Waals surface area (Å²) in [5.41, 5.74) is 3.51. The van der Waals surface area contributed by atoms with Crippen molar-refractivity contribution in [2.24, 2.45) is 11.8 Å². The molecule has 2 aromatic carbocycles. The number of ether oxygens (including phenoxy) is 1. The van der Waals surface area contributed by atoms with Crippen LogP contribution in [0.15, 0.2) is 60.8 Å². The number of aliphatic carboxylic acids is 1. The molecule has 0 radical (unpaired) electrons. The SMILES string of the molecule is O=C(NC(Cc1ccc(-c2ccccc2)cc1)C[C@H](C(=O)O)C1CCOCC1)c1cnn[nH]1. The van der Waals surface area contributed by atoms with E-state index in [1.807, 2.05) is 30.3 Å². The summed E-state index contributed by atoms with van der Waals surface area (Å²) in [4.78, 5) is 24.8. The van der Waals surface area contributed by atoms with Crippen molar-refractivity contribution in [3.63, 3.8) is 0 Å². The summed E-state index contributed by atoms with van der Waals surface area (Å²) in [5.74, 6) is -1.70. The van der Waals surface area contributed by atoms with E-state index in [1.54, 1.807) is 0 Å². The molecule has 2 atom stereocenters. The molecule has 1 saturated heterocycles. The number of aromatic amines is 1. The lowest BCUT2D eigenvalue weighted by Gasteiger charge is -2.30. The van der Waals surface area contributed by atoms with Crippen molar-refractivity contribution in [1.29, 1.82) is 0 Å². The Morgan fingerprint density at radius 2 is 1.76 bits per heavy atom. The molecule has 1 amide bonds. The molecule has 0 bridgehead atoms. The number of aromatic nitrogens is 3. The van der Waals surface area contributed by atoms with Crippen LogP contribution in [0.5, 0.6) is 0 Å². The number of benzene rings is 2. The van der Waals surface area contributed by atoms with Gasteiger partial charge in [-0.05, 0) is 48.3 Å². The molecule has 0 aliphatic carbocycles. The average molecular weight is 449 g/mol. The molecule has 2 heterocycles. The topological polar surface area (TPSA) is 117 Å². The van der Waals surface area contributed by atoms with Crippen molar-refractivity contribution in [3.8, 4) is 11.1 Å². The van der Waals surface area contributed by atoms with E-state index in [0.29, 0.717) is 38.9 Å². The minimum atomic E-state index is -0.830. The zero-order valence-corrected chi connectivity index (χ0v) is 18.3. The third-order valence-electron chi connectivity index (χ3n) is 6.23. The summed E-state index contributed by atoms with van der Waals surface area (Å²) in [6.45, 7) is 1.15. The summed E-state index contributed by atoms with van der Waals surface area (Å²) in [6.07, 6.45) is 3.65. The van der Waals surface area contributed by atoms with Crippen LogP contribution in [0.2, 0.25) is 0 Å². The fourth-order valence-electron chi connectivity index (χ4n) is 4.43. The fraction of sp³-hybridized carbons (Fsp3) is 0.360. The first-order valence-corrected chi connectivity index (χ1v) is 11.2. The van der Waals surface area contributed by atoms with Crippen LogP contribution in [0.25, 0.3) is 11.1 Å². The van der Waals surface area contributed by atoms with Crippen LogP contribution in [0.3, 0.4) is 0 Å². The van der Waals surface area contributed by atoms with Crippen LogP contribution < -0.4 is 5.32 Å². The van der Waals surface area contributed by atoms with Crippen molar-refractivity contribution in [2.75, 3.05) is 13.2 Å². The highest BCUT2D eigenvalue weighted by molar-refractivity contribution is 5.92. The van der Waals surface area contributed by atoms with E-state index in [2.05, 4.69) is 45.0 Å². The second-order valence-electron chi connectivity index (χ2n) is 8.44. The summed E-state index contributed by atoms with van der Waals surface area (Å²) in [7, 11) is 0. The average Bonchev–Trinajstić information content (AvgIpc) is 3.39. The molecular formula is C25H28N4O4. The van der Waals surface area contributed by atoms with E-state index < -0.39 is 11.9 Å². The molecule has 1 unspecified atom stereocenters. The molecular weight excluding hydrogens is 420 g/mol. The molecule has 3 aromatic rings. The van der Waals surface area contributed by atoms with Gasteiger partial charge >= 0.3 is 5.97 Å². The van der Waals surface area contributed by atoms with E-state index in [-0.39, 0.29) is 23.6 Å². The molecule has 8 nitrogen and oxygen atoms in total. The fourth-order valence-corrected chi connectivity index (χ4v) is 4.43. The second kappa shape index (κ2) is 10.9. The first-order valence-electron chi connectivity index (χ1n) is 11.2. The van der Waals surface area contributed by atoms with Crippen LogP contribution in [0, 0.1) is 11.8 Å². The Morgan fingerprint density at radius 3 is 2.39 bits per heavy atom. The van der Waals surface area contributed by atoms with Crippen molar-refractivity contribution in [2.45, 2.75) is 31.7 Å². The molecule has 33 heavy (non-hydrogen) atoms. The second-order valence-corrected chi connectivity index (χ2v) is 8.44. The van der Waals surface area contributed by atoms with E-state index >= 15 is 0 Å². The minimum Gasteiger partial charge on any atom is -0.481 e. The highest BCUT2D eigenvalue weighted by Crippen LogP contribution is 2.29. The summed E-state index contributed by atoms with van der Waals surface area (Å²) >= 11 is 0. The monoisotopic (exact) mass is 448 g/mol. The van der Waals surface area contributed by atoms with Gasteiger partial charge in [0.15, 0.2) is 0 Å². The summed E-state index contributed by atoms with van der Waals surface area (Å²) in [6, 6.07) is 17.9. The van der Waals surface area contributed by atoms with Crippen LogP contribution in [0.4, 0.5) is 0 Å². The molecule has 3 N–H and O–H groups in total. The zero-order valence-electron chi connectivity index (χ0n) is 18.3. The Morgan fingerprint density at radius 1 is 1.06 bits per heavy atom. The number of hydrogen-bond donors (Lipinski definition) is 3. The lowest BCUT2D eigenvalue weighted by atomic mass is 9.81. The maximum absolute atomic E-state index is 12.7. The molecule has 172 valence electrons. The van der Waals surface area contributed by atoms with E-state index in [4.69, 9.17) is 4.74 Å². The van der Waals surface area contributed by atoms with Gasteiger partial charge < -0.3 is 15.2 Å². The Balaban J connectivity index is 1.51. The number of nitrogens with zero attached hydrogens (tertiary/aromatic N) is 2. The predicted octanol–water partition coefficient (Wildman–Crippen LogP) is 3.33. The standard InChI is InChI=1S/C25H28N4O4/c30-24(23-16-26-29-28-23)27-21(15-22(25(31)32)20-10-12-33-13-11-20)14-17-6-8-19(9-7-17)18-4-2-1-3-5-18/h1-9,16,20-22H,10-15H2,(H,27,30)(H,31,32)(H,26,28,29)/t21?,22-/m0/s1. The minimum absolute atomic E-state index is 0.0323. The Labute approximate surface area is 192 Å². The molecule has 4 rings (SSSR count). The van der Waals surface area contributed by atoms with Gasteiger partial charge in [0.2, 0.25) is 0 Å². The normalized spacial score (nSPS) is 16.1. The van der Waals surface area contributed by atoms with Crippen LogP contribution in [0.1, 0.15) is 35.3 Å². The quantitative estimate of drug-likeness (QED) is 0.462. The number of carbonyl (C=O) groups excluding carboxylic acids is 1. The smallest absolute Gasteiger partial charge is 0.306 e. The predicted molar refractivity (Wildman–Crippen MR) is 123 cm³/mol. The van der Waals surface area contributed by atoms with Gasteiger partial charge in [-0.15, -0.1) is 5.10 Å². The number of carboxylic acid groups (broad SMARTS) is 1. The summed E-state index contributed by atoms with van der Waals surface area (Å²) < 4.78 is 5.41. The third kappa shape index (κ3) is 6.04. The Bertz CT molecular complexity index is 1030. The van der Waals surface area contributed by atoms with Crippen LogP contribution in [-0.2, 0) is 16.0 Å². The van der Waals surface area contributed by atoms with E-state index in [1.165, 1.54) is 6.20 Å². The number of amides is 1. The van der Waals surface area contributed by atoms with Crippen molar-refractivity contribution < 1.29 is 19.4 Å². The summed E-state index contributed by atoms with van der Waals surface area (Å²) in [5, 5.41) is 22.8. The van der Waals surface area contributed by atoms with Crippen LogP contribution >= 0.6 is 0 Å². The Hall–Kier alpha value is -3.52. The van der Waals surface area contributed by atoms with Gasteiger partial charge in [0, 0.05) is 19.3 Å². The molecule has 1 fully saturated rings. The van der Waals surface area contributed by atoms with Gasteiger partial charge in [-0.2, -0.15) is 0 Å². The Kier molecular flexibility index (Phi) is 7.47. The molecule has 1 aromatic heterocycles. The van der Waals surface area contributed by atoms with Crippen molar-refractivity contribution in [1.82, 2.24) is 20.7 Å². The third-order valence-corrected chi connectivity index (χ3v) is 6.23. The first-order chi connectivity index (χ1) is 16.1. The van der Waals surface area contributed by atoms with Gasteiger partial charge in [-0.1, -0.05) is 59.8 Å². The highest BCUT2D eigenvalue weighted by Gasteiger charge is 2.32. The van der Waals surface area contributed by atoms with E-state index in [9.17, 15) is 14.7 Å². The lowest BCUT2D eigenvalue weighted by Crippen LogP contribution is -2.41.